The number of benzene rings is 2. The summed E-state index contributed by atoms with van der Waals surface area (Å²) in [6.45, 7) is 0.264. The van der Waals surface area contributed by atoms with Gasteiger partial charge in [0.15, 0.2) is 0 Å². The number of nitrogens with one attached hydrogen (secondary N) is 1. The molecular weight excluding hydrogens is 355 g/mol. The highest BCUT2D eigenvalue weighted by Gasteiger charge is 2.13. The standard InChI is InChI=1S/C17H11ClF3N3O/c18-15-5-11(19)2-1-10(15)8-24-9-13(7-22-24)23-17(25)14-4-3-12(20)6-16(14)21/h1-7,9H,8H2,(H,23,25). The first-order valence-corrected chi connectivity index (χ1v) is 7.53. The lowest BCUT2D eigenvalue weighted by Crippen LogP contribution is -2.13. The molecule has 1 heterocycles. The van der Waals surface area contributed by atoms with Gasteiger partial charge in [-0.25, -0.2) is 13.2 Å². The van der Waals surface area contributed by atoms with Gasteiger partial charge >= 0.3 is 0 Å². The first-order valence-electron chi connectivity index (χ1n) is 7.15. The molecule has 8 heteroatoms. The van der Waals surface area contributed by atoms with Crippen molar-refractivity contribution in [3.63, 3.8) is 0 Å². The highest BCUT2D eigenvalue weighted by molar-refractivity contribution is 6.31. The fraction of sp³-hybridized carbons (Fsp3) is 0.0588. The van der Waals surface area contributed by atoms with Gasteiger partial charge in [0.2, 0.25) is 0 Å². The van der Waals surface area contributed by atoms with Crippen LogP contribution in [0, 0.1) is 17.5 Å². The Morgan fingerprint density at radius 3 is 2.56 bits per heavy atom. The molecule has 0 aliphatic heterocycles. The topological polar surface area (TPSA) is 46.9 Å². The fourth-order valence-corrected chi connectivity index (χ4v) is 2.44. The molecule has 3 aromatic rings. The molecule has 1 aromatic heterocycles. The van der Waals surface area contributed by atoms with E-state index in [-0.39, 0.29) is 17.1 Å². The summed E-state index contributed by atoms with van der Waals surface area (Å²) in [5, 5.41) is 6.78. The third-order valence-electron chi connectivity index (χ3n) is 3.41. The van der Waals surface area contributed by atoms with Crippen molar-refractivity contribution in [3.8, 4) is 0 Å². The quantitative estimate of drug-likeness (QED) is 0.751. The molecule has 0 saturated heterocycles. The highest BCUT2D eigenvalue weighted by Crippen LogP contribution is 2.19. The molecule has 3 rings (SSSR count). The second kappa shape index (κ2) is 6.98. The van der Waals surface area contributed by atoms with Gasteiger partial charge in [0, 0.05) is 17.3 Å². The van der Waals surface area contributed by atoms with E-state index in [9.17, 15) is 18.0 Å². The summed E-state index contributed by atoms with van der Waals surface area (Å²) in [4.78, 5) is 12.0. The minimum atomic E-state index is -0.956. The summed E-state index contributed by atoms with van der Waals surface area (Å²) in [5.41, 5.74) is 0.691. The van der Waals surface area contributed by atoms with Crippen LogP contribution in [0.15, 0.2) is 48.8 Å². The van der Waals surface area contributed by atoms with E-state index >= 15 is 0 Å². The molecule has 1 amide bonds. The zero-order chi connectivity index (χ0) is 18.0. The third kappa shape index (κ3) is 4.00. The molecular formula is C17H11ClF3N3O. The van der Waals surface area contributed by atoms with Gasteiger partial charge in [-0.3, -0.25) is 9.48 Å². The van der Waals surface area contributed by atoms with E-state index in [1.165, 1.54) is 35.3 Å². The average molecular weight is 366 g/mol. The van der Waals surface area contributed by atoms with Crippen LogP contribution in [0.3, 0.4) is 0 Å². The largest absolute Gasteiger partial charge is 0.319 e. The predicted molar refractivity (Wildman–Crippen MR) is 87.1 cm³/mol. The summed E-state index contributed by atoms with van der Waals surface area (Å²) < 4.78 is 41.0. The second-order valence-electron chi connectivity index (χ2n) is 5.24. The summed E-state index contributed by atoms with van der Waals surface area (Å²) in [6, 6.07) is 6.70. The molecule has 25 heavy (non-hydrogen) atoms. The van der Waals surface area contributed by atoms with E-state index in [2.05, 4.69) is 10.4 Å². The van der Waals surface area contributed by atoms with Crippen LogP contribution in [0.1, 0.15) is 15.9 Å². The van der Waals surface area contributed by atoms with Crippen molar-refractivity contribution in [1.29, 1.82) is 0 Å². The van der Waals surface area contributed by atoms with E-state index in [0.717, 1.165) is 12.1 Å². The molecule has 0 atom stereocenters. The average Bonchev–Trinajstić information content (AvgIpc) is 2.97. The van der Waals surface area contributed by atoms with Gasteiger partial charge in [-0.05, 0) is 29.8 Å². The molecule has 2 aromatic carbocycles. The summed E-state index contributed by atoms with van der Waals surface area (Å²) in [7, 11) is 0. The molecule has 128 valence electrons. The zero-order valence-electron chi connectivity index (χ0n) is 12.6. The number of hydrogen-bond acceptors (Lipinski definition) is 2. The number of anilines is 1. The maximum Gasteiger partial charge on any atom is 0.258 e. The van der Waals surface area contributed by atoms with Crippen molar-refractivity contribution in [3.05, 3.63) is 82.4 Å². The smallest absolute Gasteiger partial charge is 0.258 e. The van der Waals surface area contributed by atoms with Crippen LogP contribution in [-0.2, 0) is 6.54 Å². The van der Waals surface area contributed by atoms with Crippen molar-refractivity contribution in [2.45, 2.75) is 6.54 Å². The van der Waals surface area contributed by atoms with Gasteiger partial charge < -0.3 is 5.32 Å². The summed E-state index contributed by atoms with van der Waals surface area (Å²) in [6.07, 6.45) is 2.88. The molecule has 0 spiro atoms. The van der Waals surface area contributed by atoms with E-state index in [0.29, 0.717) is 17.3 Å². The lowest BCUT2D eigenvalue weighted by Gasteiger charge is -2.05. The number of carbonyl (C=O) groups is 1. The lowest BCUT2D eigenvalue weighted by molar-refractivity contribution is 0.102. The van der Waals surface area contributed by atoms with Crippen molar-refractivity contribution in [2.24, 2.45) is 0 Å². The first kappa shape index (κ1) is 17.0. The van der Waals surface area contributed by atoms with Crippen molar-refractivity contribution < 1.29 is 18.0 Å². The van der Waals surface area contributed by atoms with Gasteiger partial charge in [0.05, 0.1) is 24.0 Å². The Balaban J connectivity index is 1.72. The maximum absolute atomic E-state index is 13.6. The van der Waals surface area contributed by atoms with E-state index in [1.807, 2.05) is 0 Å². The third-order valence-corrected chi connectivity index (χ3v) is 3.77. The van der Waals surface area contributed by atoms with Gasteiger partial charge in [-0.15, -0.1) is 0 Å². The Morgan fingerprint density at radius 1 is 1.12 bits per heavy atom. The second-order valence-corrected chi connectivity index (χ2v) is 5.65. The SMILES string of the molecule is O=C(Nc1cnn(Cc2ccc(F)cc2Cl)c1)c1ccc(F)cc1F. The molecule has 4 nitrogen and oxygen atoms in total. The number of hydrogen-bond donors (Lipinski definition) is 1. The van der Waals surface area contributed by atoms with Crippen molar-refractivity contribution in [2.75, 3.05) is 5.32 Å². The first-order chi connectivity index (χ1) is 11.9. The van der Waals surface area contributed by atoms with Gasteiger partial charge in [0.1, 0.15) is 17.5 Å². The molecule has 0 bridgehead atoms. The van der Waals surface area contributed by atoms with E-state index < -0.39 is 23.4 Å². The van der Waals surface area contributed by atoms with Crippen LogP contribution >= 0.6 is 11.6 Å². The van der Waals surface area contributed by atoms with Gasteiger partial charge in [-0.2, -0.15) is 5.10 Å². The van der Waals surface area contributed by atoms with Crippen LogP contribution in [0.2, 0.25) is 5.02 Å². The molecule has 0 radical (unpaired) electrons. The van der Waals surface area contributed by atoms with E-state index in [4.69, 9.17) is 11.6 Å². The zero-order valence-corrected chi connectivity index (χ0v) is 13.4. The van der Waals surface area contributed by atoms with Gasteiger partial charge in [0.25, 0.3) is 5.91 Å². The highest BCUT2D eigenvalue weighted by atomic mass is 35.5. The minimum Gasteiger partial charge on any atom is -0.319 e. The number of rotatable bonds is 4. The maximum atomic E-state index is 13.6. The van der Waals surface area contributed by atoms with Crippen LogP contribution in [0.4, 0.5) is 18.9 Å². The predicted octanol–water partition coefficient (Wildman–Crippen LogP) is 4.25. The normalized spacial score (nSPS) is 10.7. The van der Waals surface area contributed by atoms with Crippen LogP contribution in [0.5, 0.6) is 0 Å². The van der Waals surface area contributed by atoms with Crippen molar-refractivity contribution in [1.82, 2.24) is 9.78 Å². The summed E-state index contributed by atoms with van der Waals surface area (Å²) in [5.74, 6) is -2.89. The lowest BCUT2D eigenvalue weighted by atomic mass is 10.2. The Hall–Kier alpha value is -2.80. The number of amides is 1. The molecule has 0 saturated carbocycles. The monoisotopic (exact) mass is 365 g/mol. The van der Waals surface area contributed by atoms with Crippen molar-refractivity contribution >= 4 is 23.2 Å². The number of carbonyl (C=O) groups excluding carboxylic acids is 1. The Bertz CT molecular complexity index is 943. The molecule has 1 N–H and O–H groups in total. The Morgan fingerprint density at radius 2 is 1.84 bits per heavy atom. The van der Waals surface area contributed by atoms with Crippen LogP contribution in [0.25, 0.3) is 0 Å². The molecule has 0 fully saturated rings. The van der Waals surface area contributed by atoms with Crippen LogP contribution < -0.4 is 5.32 Å². The summed E-state index contributed by atoms with van der Waals surface area (Å²) >= 11 is 5.96. The number of halogens is 4. The van der Waals surface area contributed by atoms with Crippen LogP contribution in [-0.4, -0.2) is 15.7 Å². The Kier molecular flexibility index (Phi) is 4.76. The Labute approximate surface area is 145 Å². The number of aromatic nitrogens is 2. The molecule has 0 aliphatic rings. The van der Waals surface area contributed by atoms with E-state index in [1.54, 1.807) is 0 Å². The minimum absolute atomic E-state index is 0.259. The fourth-order valence-electron chi connectivity index (χ4n) is 2.21. The van der Waals surface area contributed by atoms with Gasteiger partial charge in [-0.1, -0.05) is 17.7 Å². The molecule has 0 aliphatic carbocycles. The molecule has 0 unspecified atom stereocenters. The number of nitrogens with zero attached hydrogens (tertiary/aromatic N) is 2.